The number of nitrogens with zero attached hydrogens (tertiary/aromatic N) is 2. The summed E-state index contributed by atoms with van der Waals surface area (Å²) in [7, 11) is 0. The van der Waals surface area contributed by atoms with E-state index >= 15 is 0 Å². The van der Waals surface area contributed by atoms with E-state index in [4.69, 9.17) is 11.5 Å². The quantitative estimate of drug-likeness (QED) is 0.380. The van der Waals surface area contributed by atoms with Gasteiger partial charge in [-0.3, -0.25) is 19.9 Å². The number of rotatable bonds is 5. The molecule has 0 aromatic carbocycles. The predicted octanol–water partition coefficient (Wildman–Crippen LogP) is -1.16. The monoisotopic (exact) mass is 256 g/mol. The van der Waals surface area contributed by atoms with E-state index in [2.05, 4.69) is 4.98 Å². The fourth-order valence-electron chi connectivity index (χ4n) is 1.38. The molecule has 0 spiro atoms. The van der Waals surface area contributed by atoms with E-state index in [1.54, 1.807) is 0 Å². The Kier molecular flexibility index (Phi) is 4.13. The number of pyridine rings is 1. The van der Waals surface area contributed by atoms with Gasteiger partial charge in [-0.1, -0.05) is 0 Å². The van der Waals surface area contributed by atoms with Crippen LogP contribution in [0.15, 0.2) is 12.4 Å². The van der Waals surface area contributed by atoms with Crippen LogP contribution >= 0.6 is 0 Å². The van der Waals surface area contributed by atoms with Crippen molar-refractivity contribution in [2.24, 2.45) is 5.73 Å². The van der Waals surface area contributed by atoms with Crippen molar-refractivity contribution in [3.8, 4) is 0 Å². The van der Waals surface area contributed by atoms with Crippen LogP contribution in [-0.4, -0.2) is 32.1 Å². The molecule has 98 valence electrons. The van der Waals surface area contributed by atoms with Gasteiger partial charge in [-0.25, -0.2) is 0 Å². The molecule has 0 aliphatic rings. The number of carbonyl (C=O) groups excluding carboxylic acids is 1. The van der Waals surface area contributed by atoms with E-state index in [-0.39, 0.29) is 11.3 Å². The van der Waals surface area contributed by atoms with E-state index < -0.39 is 35.1 Å². The van der Waals surface area contributed by atoms with Crippen molar-refractivity contribution >= 4 is 17.3 Å². The molecule has 0 saturated carbocycles. The van der Waals surface area contributed by atoms with Crippen LogP contribution < -0.4 is 11.5 Å². The maximum absolute atomic E-state index is 10.6. The Hall–Kier alpha value is -2.26. The molecule has 9 nitrogen and oxygen atoms in total. The number of aliphatic hydroxyl groups excluding tert-OH is 2. The zero-order valence-electron chi connectivity index (χ0n) is 9.18. The molecule has 1 heterocycles. The zero-order valence-corrected chi connectivity index (χ0v) is 9.18. The second-order valence-electron chi connectivity index (χ2n) is 3.60. The summed E-state index contributed by atoms with van der Waals surface area (Å²) in [6.07, 6.45) is -1.58. The Bertz CT molecular complexity index is 478. The Morgan fingerprint density at radius 3 is 2.61 bits per heavy atom. The number of primary amides is 1. The van der Waals surface area contributed by atoms with Gasteiger partial charge in [0.2, 0.25) is 5.91 Å². The summed E-state index contributed by atoms with van der Waals surface area (Å²) in [5, 5.41) is 29.8. The number of anilines is 1. The standard InChI is InChI=1S/C9H12N4O5/c10-7(15)1-6(14)9(16)4-2-12-3-5(8(4)11)13(17)18/h2-3,6,9,14,16H,1H2,(H2,10,15)(H2,11,12). The Labute approximate surface area is 101 Å². The number of amides is 1. The maximum Gasteiger partial charge on any atom is 0.310 e. The summed E-state index contributed by atoms with van der Waals surface area (Å²) in [6, 6.07) is 0. The van der Waals surface area contributed by atoms with Crippen molar-refractivity contribution in [3.05, 3.63) is 28.1 Å². The van der Waals surface area contributed by atoms with E-state index in [9.17, 15) is 25.1 Å². The van der Waals surface area contributed by atoms with Gasteiger partial charge in [0.25, 0.3) is 0 Å². The molecule has 2 unspecified atom stereocenters. The summed E-state index contributed by atoms with van der Waals surface area (Å²) in [5.41, 5.74) is 9.42. The van der Waals surface area contributed by atoms with Crippen LogP contribution in [0.4, 0.5) is 11.4 Å². The fraction of sp³-hybridized carbons (Fsp3) is 0.333. The van der Waals surface area contributed by atoms with E-state index in [0.717, 1.165) is 12.4 Å². The predicted molar refractivity (Wildman–Crippen MR) is 60.1 cm³/mol. The first kappa shape index (κ1) is 13.8. The number of nitrogens with two attached hydrogens (primary N) is 2. The lowest BCUT2D eigenvalue weighted by atomic mass is 10.0. The molecule has 2 atom stereocenters. The Morgan fingerprint density at radius 2 is 2.11 bits per heavy atom. The second kappa shape index (κ2) is 5.38. The molecule has 0 bridgehead atoms. The molecule has 0 aliphatic heterocycles. The molecule has 1 aromatic rings. The highest BCUT2D eigenvalue weighted by Gasteiger charge is 2.26. The summed E-state index contributed by atoms with van der Waals surface area (Å²) < 4.78 is 0. The summed E-state index contributed by atoms with van der Waals surface area (Å²) in [5.74, 6) is -0.821. The van der Waals surface area contributed by atoms with Crippen molar-refractivity contribution < 1.29 is 19.9 Å². The fourth-order valence-corrected chi connectivity index (χ4v) is 1.38. The highest BCUT2D eigenvalue weighted by molar-refractivity contribution is 5.74. The van der Waals surface area contributed by atoms with Crippen LogP contribution in [0.1, 0.15) is 18.1 Å². The number of carbonyl (C=O) groups is 1. The molecule has 0 aliphatic carbocycles. The van der Waals surface area contributed by atoms with Crippen LogP contribution in [-0.2, 0) is 4.79 Å². The lowest BCUT2D eigenvalue weighted by molar-refractivity contribution is -0.384. The molecule has 6 N–H and O–H groups in total. The van der Waals surface area contributed by atoms with Gasteiger partial charge in [0, 0.05) is 11.8 Å². The summed E-state index contributed by atoms with van der Waals surface area (Å²) in [4.78, 5) is 24.0. The third-order valence-corrected chi connectivity index (χ3v) is 2.29. The number of nitrogen functional groups attached to an aromatic ring is 1. The molecule has 1 rings (SSSR count). The minimum absolute atomic E-state index is 0.127. The van der Waals surface area contributed by atoms with E-state index in [0.29, 0.717) is 0 Å². The Balaban J connectivity index is 3.06. The van der Waals surface area contributed by atoms with Crippen molar-refractivity contribution in [2.75, 3.05) is 5.73 Å². The molecule has 9 heteroatoms. The number of aromatic nitrogens is 1. The van der Waals surface area contributed by atoms with Gasteiger partial charge < -0.3 is 21.7 Å². The molecule has 1 aromatic heterocycles. The lowest BCUT2D eigenvalue weighted by Crippen LogP contribution is -2.26. The Morgan fingerprint density at radius 1 is 1.50 bits per heavy atom. The van der Waals surface area contributed by atoms with Gasteiger partial charge in [-0.2, -0.15) is 0 Å². The van der Waals surface area contributed by atoms with Crippen LogP contribution in [0.25, 0.3) is 0 Å². The molecular weight excluding hydrogens is 244 g/mol. The van der Waals surface area contributed by atoms with E-state index in [1.807, 2.05) is 0 Å². The average molecular weight is 256 g/mol. The van der Waals surface area contributed by atoms with Crippen molar-refractivity contribution in [1.29, 1.82) is 0 Å². The molecule has 18 heavy (non-hydrogen) atoms. The van der Waals surface area contributed by atoms with Gasteiger partial charge in [-0.05, 0) is 0 Å². The maximum atomic E-state index is 10.6. The average Bonchev–Trinajstić information content (AvgIpc) is 2.27. The first-order valence-electron chi connectivity index (χ1n) is 4.86. The topological polar surface area (TPSA) is 166 Å². The van der Waals surface area contributed by atoms with Gasteiger partial charge in [0.05, 0.1) is 17.4 Å². The SMILES string of the molecule is NC(=O)CC(O)C(O)c1cncc([N+](=O)[O-])c1N. The van der Waals surface area contributed by atoms with Crippen molar-refractivity contribution in [3.63, 3.8) is 0 Å². The minimum Gasteiger partial charge on any atom is -0.393 e. The van der Waals surface area contributed by atoms with Gasteiger partial charge in [0.1, 0.15) is 18.0 Å². The van der Waals surface area contributed by atoms with Gasteiger partial charge >= 0.3 is 5.69 Å². The van der Waals surface area contributed by atoms with E-state index in [1.165, 1.54) is 0 Å². The van der Waals surface area contributed by atoms with Crippen molar-refractivity contribution in [2.45, 2.75) is 18.6 Å². The largest absolute Gasteiger partial charge is 0.393 e. The smallest absolute Gasteiger partial charge is 0.310 e. The molecular formula is C9H12N4O5. The normalized spacial score (nSPS) is 13.9. The number of hydrogen-bond acceptors (Lipinski definition) is 7. The van der Waals surface area contributed by atoms with Crippen LogP contribution in [0.5, 0.6) is 0 Å². The molecule has 0 saturated heterocycles. The van der Waals surface area contributed by atoms with Crippen molar-refractivity contribution in [1.82, 2.24) is 4.98 Å². The third-order valence-electron chi connectivity index (χ3n) is 2.29. The third kappa shape index (κ3) is 2.90. The highest BCUT2D eigenvalue weighted by Crippen LogP contribution is 2.30. The highest BCUT2D eigenvalue weighted by atomic mass is 16.6. The zero-order chi connectivity index (χ0) is 13.9. The van der Waals surface area contributed by atoms with Crippen LogP contribution in [0.3, 0.4) is 0 Å². The molecule has 0 radical (unpaired) electrons. The van der Waals surface area contributed by atoms with Crippen LogP contribution in [0, 0.1) is 10.1 Å². The molecule has 0 fully saturated rings. The van der Waals surface area contributed by atoms with Gasteiger partial charge in [0.15, 0.2) is 0 Å². The van der Waals surface area contributed by atoms with Gasteiger partial charge in [-0.15, -0.1) is 0 Å². The first-order valence-corrected chi connectivity index (χ1v) is 4.86. The second-order valence-corrected chi connectivity index (χ2v) is 3.60. The summed E-state index contributed by atoms with van der Waals surface area (Å²) in [6.45, 7) is 0. The lowest BCUT2D eigenvalue weighted by Gasteiger charge is -2.17. The first-order chi connectivity index (χ1) is 8.34. The summed E-state index contributed by atoms with van der Waals surface area (Å²) >= 11 is 0. The number of aliphatic hydroxyl groups is 2. The number of hydrogen-bond donors (Lipinski definition) is 4. The minimum atomic E-state index is -1.58. The molecule has 1 amide bonds. The van der Waals surface area contributed by atoms with Crippen LogP contribution in [0.2, 0.25) is 0 Å². The number of nitro groups is 1.